The van der Waals surface area contributed by atoms with E-state index in [1.807, 2.05) is 6.07 Å². The zero-order valence-electron chi connectivity index (χ0n) is 11.2. The van der Waals surface area contributed by atoms with Crippen LogP contribution in [-0.4, -0.2) is 12.6 Å². The third-order valence-electron chi connectivity index (χ3n) is 3.93. The van der Waals surface area contributed by atoms with E-state index in [4.69, 9.17) is 17.3 Å². The highest BCUT2D eigenvalue weighted by atomic mass is 35.5. The Morgan fingerprint density at radius 1 is 1.33 bits per heavy atom. The summed E-state index contributed by atoms with van der Waals surface area (Å²) in [6, 6.07) is 6.72. The minimum Gasteiger partial charge on any atom is -0.368 e. The Labute approximate surface area is 115 Å². The van der Waals surface area contributed by atoms with Gasteiger partial charge in [-0.2, -0.15) is 0 Å². The Balaban J connectivity index is 2.34. The normalized spacial score (nSPS) is 20.8. The summed E-state index contributed by atoms with van der Waals surface area (Å²) in [5.74, 6) is 0. The van der Waals surface area contributed by atoms with E-state index >= 15 is 0 Å². The lowest BCUT2D eigenvalue weighted by molar-refractivity contribution is 0.555. The van der Waals surface area contributed by atoms with Crippen LogP contribution in [0.15, 0.2) is 18.2 Å². The van der Waals surface area contributed by atoms with Gasteiger partial charge in [0.15, 0.2) is 0 Å². The van der Waals surface area contributed by atoms with Gasteiger partial charge in [-0.3, -0.25) is 0 Å². The first kappa shape index (κ1) is 13.7. The maximum atomic E-state index is 6.16. The quantitative estimate of drug-likeness (QED) is 0.897. The van der Waals surface area contributed by atoms with Gasteiger partial charge in [0.2, 0.25) is 0 Å². The van der Waals surface area contributed by atoms with E-state index in [1.165, 1.54) is 43.4 Å². The van der Waals surface area contributed by atoms with Crippen LogP contribution in [0.4, 0.5) is 5.69 Å². The predicted molar refractivity (Wildman–Crippen MR) is 79.2 cm³/mol. The minimum absolute atomic E-state index is 0.583. The van der Waals surface area contributed by atoms with E-state index in [0.717, 1.165) is 11.6 Å². The molecular weight excluding hydrogens is 244 g/mol. The van der Waals surface area contributed by atoms with Crippen LogP contribution < -0.4 is 10.6 Å². The molecule has 1 fully saturated rings. The highest BCUT2D eigenvalue weighted by Gasteiger charge is 2.21. The average Bonchev–Trinajstić information content (AvgIpc) is 2.63. The van der Waals surface area contributed by atoms with Crippen molar-refractivity contribution in [3.63, 3.8) is 0 Å². The molecule has 1 saturated heterocycles. The molecule has 1 heterocycles. The molecule has 0 saturated carbocycles. The summed E-state index contributed by atoms with van der Waals surface area (Å²) in [7, 11) is 0. The van der Waals surface area contributed by atoms with Gasteiger partial charge in [0.1, 0.15) is 0 Å². The molecule has 2 N–H and O–H groups in total. The standard InChI is InChI=1S/C15H23ClN2/c1-2-14-6-4-3-5-9-18(14)15-10-13(16)8-7-12(15)11-17/h7-8,10,14H,2-6,9,11,17H2,1H3. The van der Waals surface area contributed by atoms with Crippen LogP contribution >= 0.6 is 11.6 Å². The molecule has 1 atom stereocenters. The molecule has 2 rings (SSSR count). The Kier molecular flexibility index (Phi) is 4.90. The van der Waals surface area contributed by atoms with Crippen molar-refractivity contribution in [2.24, 2.45) is 5.73 Å². The zero-order valence-corrected chi connectivity index (χ0v) is 11.9. The lowest BCUT2D eigenvalue weighted by Gasteiger charge is -2.33. The summed E-state index contributed by atoms with van der Waals surface area (Å²) in [6.45, 7) is 3.99. The van der Waals surface area contributed by atoms with Crippen molar-refractivity contribution in [2.45, 2.75) is 51.6 Å². The van der Waals surface area contributed by atoms with E-state index in [9.17, 15) is 0 Å². The van der Waals surface area contributed by atoms with Crippen LogP contribution in [-0.2, 0) is 6.54 Å². The van der Waals surface area contributed by atoms with Gasteiger partial charge in [-0.1, -0.05) is 37.4 Å². The first-order chi connectivity index (χ1) is 8.76. The Bertz CT molecular complexity index is 392. The molecule has 1 aliphatic heterocycles. The molecule has 0 amide bonds. The largest absolute Gasteiger partial charge is 0.368 e. The number of anilines is 1. The number of hydrogen-bond donors (Lipinski definition) is 1. The Morgan fingerprint density at radius 3 is 2.89 bits per heavy atom. The number of benzene rings is 1. The lowest BCUT2D eigenvalue weighted by atomic mass is 10.1. The second kappa shape index (κ2) is 6.44. The van der Waals surface area contributed by atoms with Crippen LogP contribution in [0.1, 0.15) is 44.6 Å². The van der Waals surface area contributed by atoms with Gasteiger partial charge in [-0.15, -0.1) is 0 Å². The monoisotopic (exact) mass is 266 g/mol. The molecule has 0 aromatic heterocycles. The van der Waals surface area contributed by atoms with E-state index in [-0.39, 0.29) is 0 Å². The van der Waals surface area contributed by atoms with Crippen molar-refractivity contribution in [1.82, 2.24) is 0 Å². The van der Waals surface area contributed by atoms with Crippen LogP contribution in [0.3, 0.4) is 0 Å². The van der Waals surface area contributed by atoms with Crippen molar-refractivity contribution in [1.29, 1.82) is 0 Å². The third-order valence-corrected chi connectivity index (χ3v) is 4.16. The molecule has 100 valence electrons. The molecule has 18 heavy (non-hydrogen) atoms. The minimum atomic E-state index is 0.583. The van der Waals surface area contributed by atoms with Crippen molar-refractivity contribution < 1.29 is 0 Å². The van der Waals surface area contributed by atoms with E-state index < -0.39 is 0 Å². The van der Waals surface area contributed by atoms with Gasteiger partial charge in [0.25, 0.3) is 0 Å². The van der Waals surface area contributed by atoms with Crippen LogP contribution in [0.2, 0.25) is 5.02 Å². The summed E-state index contributed by atoms with van der Waals surface area (Å²) in [6.07, 6.45) is 6.43. The lowest BCUT2D eigenvalue weighted by Crippen LogP contribution is -2.35. The molecule has 2 nitrogen and oxygen atoms in total. The summed E-state index contributed by atoms with van der Waals surface area (Å²) in [5, 5.41) is 0.807. The molecular formula is C15H23ClN2. The van der Waals surface area contributed by atoms with Crippen molar-refractivity contribution >= 4 is 17.3 Å². The molecule has 1 unspecified atom stereocenters. The highest BCUT2D eigenvalue weighted by Crippen LogP contribution is 2.30. The second-order valence-corrected chi connectivity index (χ2v) is 5.52. The van der Waals surface area contributed by atoms with Gasteiger partial charge in [-0.25, -0.2) is 0 Å². The SMILES string of the molecule is CCC1CCCCCN1c1cc(Cl)ccc1CN. The highest BCUT2D eigenvalue weighted by molar-refractivity contribution is 6.30. The van der Waals surface area contributed by atoms with Gasteiger partial charge >= 0.3 is 0 Å². The van der Waals surface area contributed by atoms with Crippen molar-refractivity contribution in [2.75, 3.05) is 11.4 Å². The van der Waals surface area contributed by atoms with Crippen LogP contribution in [0.5, 0.6) is 0 Å². The van der Waals surface area contributed by atoms with Gasteiger partial charge in [0.05, 0.1) is 0 Å². The number of nitrogens with two attached hydrogens (primary N) is 1. The summed E-state index contributed by atoms with van der Waals surface area (Å²) < 4.78 is 0. The number of rotatable bonds is 3. The zero-order chi connectivity index (χ0) is 13.0. The van der Waals surface area contributed by atoms with Crippen molar-refractivity contribution in [3.8, 4) is 0 Å². The fourth-order valence-electron chi connectivity index (χ4n) is 2.90. The third kappa shape index (κ3) is 2.99. The number of halogens is 1. The van der Waals surface area contributed by atoms with Gasteiger partial charge in [-0.05, 0) is 37.0 Å². The van der Waals surface area contributed by atoms with Gasteiger partial charge < -0.3 is 10.6 Å². The van der Waals surface area contributed by atoms with Crippen LogP contribution in [0.25, 0.3) is 0 Å². The Morgan fingerprint density at radius 2 is 2.17 bits per heavy atom. The smallest absolute Gasteiger partial charge is 0.0429 e. The first-order valence-electron chi connectivity index (χ1n) is 7.01. The molecule has 1 aliphatic rings. The van der Waals surface area contributed by atoms with Crippen molar-refractivity contribution in [3.05, 3.63) is 28.8 Å². The molecule has 1 aromatic carbocycles. The van der Waals surface area contributed by atoms with E-state index in [1.54, 1.807) is 0 Å². The summed E-state index contributed by atoms with van der Waals surface area (Å²) >= 11 is 6.16. The molecule has 0 spiro atoms. The Hall–Kier alpha value is -0.730. The second-order valence-electron chi connectivity index (χ2n) is 5.08. The number of hydrogen-bond acceptors (Lipinski definition) is 2. The molecule has 0 bridgehead atoms. The predicted octanol–water partition coefficient (Wildman–Crippen LogP) is 3.96. The van der Waals surface area contributed by atoms with E-state index in [0.29, 0.717) is 12.6 Å². The first-order valence-corrected chi connectivity index (χ1v) is 7.39. The fourth-order valence-corrected chi connectivity index (χ4v) is 3.06. The maximum Gasteiger partial charge on any atom is 0.0429 e. The summed E-state index contributed by atoms with van der Waals surface area (Å²) in [4.78, 5) is 2.53. The number of nitrogens with zero attached hydrogens (tertiary/aromatic N) is 1. The molecule has 0 radical (unpaired) electrons. The van der Waals surface area contributed by atoms with E-state index in [2.05, 4.69) is 24.0 Å². The molecule has 3 heteroatoms. The average molecular weight is 267 g/mol. The topological polar surface area (TPSA) is 29.3 Å². The van der Waals surface area contributed by atoms with Crippen LogP contribution in [0, 0.1) is 0 Å². The molecule has 1 aromatic rings. The van der Waals surface area contributed by atoms with Gasteiger partial charge in [0, 0.05) is 29.8 Å². The fraction of sp³-hybridized carbons (Fsp3) is 0.600. The molecule has 0 aliphatic carbocycles. The summed E-state index contributed by atoms with van der Waals surface area (Å²) in [5.41, 5.74) is 8.32. The maximum absolute atomic E-state index is 6.16.